The van der Waals surface area contributed by atoms with Crippen molar-refractivity contribution in [1.29, 1.82) is 0 Å². The Morgan fingerprint density at radius 3 is 2.61 bits per heavy atom. The summed E-state index contributed by atoms with van der Waals surface area (Å²) in [5.74, 6) is -0.0339. The van der Waals surface area contributed by atoms with Crippen LogP contribution in [-0.4, -0.2) is 22.1 Å². The molecule has 0 saturated heterocycles. The summed E-state index contributed by atoms with van der Waals surface area (Å²) in [6.45, 7) is 0.526. The van der Waals surface area contributed by atoms with Gasteiger partial charge in [0.15, 0.2) is 0 Å². The van der Waals surface area contributed by atoms with E-state index in [-0.39, 0.29) is 11.3 Å². The van der Waals surface area contributed by atoms with E-state index in [4.69, 9.17) is 0 Å². The van der Waals surface area contributed by atoms with E-state index in [2.05, 4.69) is 9.88 Å². The highest BCUT2D eigenvalue weighted by molar-refractivity contribution is 5.92. The van der Waals surface area contributed by atoms with Gasteiger partial charge in [0, 0.05) is 24.2 Å². The van der Waals surface area contributed by atoms with Crippen LogP contribution in [0, 0.1) is 5.41 Å². The number of amides is 1. The summed E-state index contributed by atoms with van der Waals surface area (Å²) in [6, 6.07) is 14.0. The van der Waals surface area contributed by atoms with Crippen LogP contribution in [0.5, 0.6) is 0 Å². The summed E-state index contributed by atoms with van der Waals surface area (Å²) in [5.41, 5.74) is 1.46. The lowest BCUT2D eigenvalue weighted by Crippen LogP contribution is -2.34. The Balaban J connectivity index is 1.42. The number of nitrogens with one attached hydrogen (secondary N) is 1. The van der Waals surface area contributed by atoms with Crippen LogP contribution in [0.4, 0.5) is 0 Å². The van der Waals surface area contributed by atoms with Crippen molar-refractivity contribution in [2.75, 3.05) is 6.54 Å². The van der Waals surface area contributed by atoms with Gasteiger partial charge < -0.3 is 15.0 Å². The van der Waals surface area contributed by atoms with Gasteiger partial charge in [0.25, 0.3) is 5.91 Å². The second-order valence-electron chi connectivity index (χ2n) is 6.89. The Morgan fingerprint density at radius 1 is 1.22 bits per heavy atom. The Hall–Kier alpha value is -2.07. The van der Waals surface area contributed by atoms with Crippen molar-refractivity contribution in [3.05, 3.63) is 59.9 Å². The number of aliphatic hydroxyl groups excluding tert-OH is 1. The fourth-order valence-corrected chi connectivity index (χ4v) is 3.30. The maximum Gasteiger partial charge on any atom is 0.267 e. The highest BCUT2D eigenvalue weighted by Gasteiger charge is 2.49. The van der Waals surface area contributed by atoms with Crippen LogP contribution < -0.4 is 5.32 Å². The molecule has 2 aliphatic carbocycles. The summed E-state index contributed by atoms with van der Waals surface area (Å²) >= 11 is 0. The van der Waals surface area contributed by atoms with Gasteiger partial charge in [-0.15, -0.1) is 0 Å². The third kappa shape index (κ3) is 2.79. The first-order chi connectivity index (χ1) is 11.2. The number of nitrogens with zero attached hydrogens (tertiary/aromatic N) is 1. The van der Waals surface area contributed by atoms with E-state index >= 15 is 0 Å². The van der Waals surface area contributed by atoms with Gasteiger partial charge in [-0.1, -0.05) is 30.3 Å². The quantitative estimate of drug-likeness (QED) is 0.861. The van der Waals surface area contributed by atoms with Crippen LogP contribution in [-0.2, 0) is 0 Å². The van der Waals surface area contributed by atoms with Crippen LogP contribution in [0.15, 0.2) is 48.7 Å². The first kappa shape index (κ1) is 14.5. The molecule has 23 heavy (non-hydrogen) atoms. The minimum Gasteiger partial charge on any atom is -0.388 e. The largest absolute Gasteiger partial charge is 0.388 e. The number of aromatic nitrogens is 1. The van der Waals surface area contributed by atoms with Gasteiger partial charge in [-0.25, -0.2) is 0 Å². The number of hydrogen-bond acceptors (Lipinski definition) is 2. The lowest BCUT2D eigenvalue weighted by Gasteiger charge is -2.23. The number of carbonyl (C=O) groups is 1. The second-order valence-corrected chi connectivity index (χ2v) is 6.89. The maximum absolute atomic E-state index is 12.5. The monoisotopic (exact) mass is 310 g/mol. The lowest BCUT2D eigenvalue weighted by molar-refractivity contribution is 0.0802. The second kappa shape index (κ2) is 5.53. The molecule has 0 radical (unpaired) electrons. The fourth-order valence-electron chi connectivity index (χ4n) is 3.30. The van der Waals surface area contributed by atoms with E-state index in [1.54, 1.807) is 0 Å². The molecule has 2 aromatic rings. The molecule has 1 aromatic heterocycles. The third-order valence-corrected chi connectivity index (χ3v) is 5.14. The molecular weight excluding hydrogens is 288 g/mol. The first-order valence-corrected chi connectivity index (χ1v) is 8.38. The van der Waals surface area contributed by atoms with E-state index in [9.17, 15) is 9.90 Å². The van der Waals surface area contributed by atoms with Crippen molar-refractivity contribution >= 4 is 5.91 Å². The van der Waals surface area contributed by atoms with Crippen LogP contribution in [0.1, 0.15) is 53.9 Å². The summed E-state index contributed by atoms with van der Waals surface area (Å²) in [6.07, 6.45) is 5.69. The molecule has 1 aromatic carbocycles. The minimum atomic E-state index is -0.515. The molecule has 1 amide bonds. The number of hydrogen-bond donors (Lipinski definition) is 2. The Labute approximate surface area is 136 Å². The van der Waals surface area contributed by atoms with Gasteiger partial charge in [0.2, 0.25) is 0 Å². The summed E-state index contributed by atoms with van der Waals surface area (Å²) in [4.78, 5) is 12.5. The van der Waals surface area contributed by atoms with Crippen molar-refractivity contribution in [3.63, 3.8) is 0 Å². The lowest BCUT2D eigenvalue weighted by atomic mass is 9.92. The van der Waals surface area contributed by atoms with Crippen molar-refractivity contribution in [2.24, 2.45) is 5.41 Å². The van der Waals surface area contributed by atoms with Gasteiger partial charge in [0.05, 0.1) is 6.10 Å². The van der Waals surface area contributed by atoms with Crippen LogP contribution >= 0.6 is 0 Å². The molecule has 0 aliphatic heterocycles. The molecule has 1 unspecified atom stereocenters. The molecule has 2 saturated carbocycles. The van der Waals surface area contributed by atoms with Crippen molar-refractivity contribution in [2.45, 2.75) is 37.8 Å². The number of carbonyl (C=O) groups excluding carboxylic acids is 1. The molecule has 0 spiro atoms. The first-order valence-electron chi connectivity index (χ1n) is 8.38. The maximum atomic E-state index is 12.5. The molecule has 1 atom stereocenters. The van der Waals surface area contributed by atoms with Crippen LogP contribution in [0.3, 0.4) is 0 Å². The summed E-state index contributed by atoms with van der Waals surface area (Å²) in [5, 5.41) is 13.7. The van der Waals surface area contributed by atoms with E-state index < -0.39 is 6.10 Å². The van der Waals surface area contributed by atoms with Gasteiger partial charge in [-0.2, -0.15) is 0 Å². The van der Waals surface area contributed by atoms with Crippen molar-refractivity contribution < 1.29 is 9.90 Å². The standard InChI is InChI=1S/C19H22N2O2/c22-17(14-5-2-1-3-6-14)19(10-11-19)13-20-18(23)16-7-4-12-21(16)15-8-9-15/h1-7,12,15,17,22H,8-11,13H2,(H,20,23). The van der Waals surface area contributed by atoms with E-state index in [0.29, 0.717) is 12.6 Å². The normalized spacial score (nSPS) is 20.0. The Morgan fingerprint density at radius 2 is 1.96 bits per heavy atom. The highest BCUT2D eigenvalue weighted by atomic mass is 16.3. The average molecular weight is 310 g/mol. The van der Waals surface area contributed by atoms with Crippen LogP contribution in [0.2, 0.25) is 0 Å². The molecule has 4 heteroatoms. The van der Waals surface area contributed by atoms with E-state index in [0.717, 1.165) is 36.9 Å². The summed E-state index contributed by atoms with van der Waals surface area (Å²) in [7, 11) is 0. The van der Waals surface area contributed by atoms with Gasteiger partial charge >= 0.3 is 0 Å². The number of benzene rings is 1. The average Bonchev–Trinajstić information content (AvgIpc) is 3.52. The third-order valence-electron chi connectivity index (χ3n) is 5.14. The molecule has 4 nitrogen and oxygen atoms in total. The van der Waals surface area contributed by atoms with E-state index in [1.807, 2.05) is 48.7 Å². The molecule has 2 N–H and O–H groups in total. The zero-order chi connectivity index (χ0) is 15.9. The molecule has 0 bridgehead atoms. The smallest absolute Gasteiger partial charge is 0.267 e. The predicted octanol–water partition coefficient (Wildman–Crippen LogP) is 3.07. The van der Waals surface area contributed by atoms with Gasteiger partial charge in [0.1, 0.15) is 5.69 Å². The molecule has 2 fully saturated rings. The molecular formula is C19H22N2O2. The number of aliphatic hydroxyl groups is 1. The fraction of sp³-hybridized carbons (Fsp3) is 0.421. The van der Waals surface area contributed by atoms with Gasteiger partial charge in [-0.05, 0) is 43.4 Å². The van der Waals surface area contributed by atoms with E-state index in [1.165, 1.54) is 0 Å². The predicted molar refractivity (Wildman–Crippen MR) is 88.1 cm³/mol. The van der Waals surface area contributed by atoms with Crippen molar-refractivity contribution in [3.8, 4) is 0 Å². The topological polar surface area (TPSA) is 54.3 Å². The zero-order valence-corrected chi connectivity index (χ0v) is 13.1. The molecule has 120 valence electrons. The molecule has 1 heterocycles. The summed E-state index contributed by atoms with van der Waals surface area (Å²) < 4.78 is 2.07. The Bertz CT molecular complexity index is 699. The molecule has 2 aliphatic rings. The number of rotatable bonds is 6. The molecule has 4 rings (SSSR count). The van der Waals surface area contributed by atoms with Gasteiger partial charge in [-0.3, -0.25) is 4.79 Å². The minimum absolute atomic E-state index is 0.0339. The zero-order valence-electron chi connectivity index (χ0n) is 13.1. The Kier molecular flexibility index (Phi) is 3.49. The SMILES string of the molecule is O=C(NCC1(C(O)c2ccccc2)CC1)c1cccn1C1CC1. The van der Waals surface area contributed by atoms with Crippen LogP contribution in [0.25, 0.3) is 0 Å². The highest BCUT2D eigenvalue weighted by Crippen LogP contribution is 2.54. The van der Waals surface area contributed by atoms with Crippen molar-refractivity contribution in [1.82, 2.24) is 9.88 Å².